The molecular weight excluding hydrogens is 346 g/mol. The Balaban J connectivity index is 2.33. The molecule has 9 heteroatoms. The lowest BCUT2D eigenvalue weighted by Crippen LogP contribution is -2.38. The van der Waals surface area contributed by atoms with E-state index in [0.717, 1.165) is 10.7 Å². The van der Waals surface area contributed by atoms with Crippen LogP contribution in [0.2, 0.25) is 0 Å². The van der Waals surface area contributed by atoms with Crippen LogP contribution in [0.4, 0.5) is 0 Å². The second kappa shape index (κ2) is 9.95. The van der Waals surface area contributed by atoms with Crippen molar-refractivity contribution in [3.05, 3.63) is 16.1 Å². The van der Waals surface area contributed by atoms with Crippen molar-refractivity contribution in [3.63, 3.8) is 0 Å². The number of hydrogen-bond donors (Lipinski definition) is 2. The number of nitrogens with one attached hydrogen (secondary N) is 2. The van der Waals surface area contributed by atoms with Gasteiger partial charge in [0.25, 0.3) is 0 Å². The molecule has 0 spiro atoms. The minimum atomic E-state index is -3.10. The normalized spacial score (nSPS) is 12.9. The molecule has 0 saturated carbocycles. The second-order valence-electron chi connectivity index (χ2n) is 5.75. The van der Waals surface area contributed by atoms with Gasteiger partial charge < -0.3 is 10.6 Å². The van der Waals surface area contributed by atoms with Crippen molar-refractivity contribution in [2.75, 3.05) is 32.9 Å². The third-order valence-electron chi connectivity index (χ3n) is 3.57. The first-order chi connectivity index (χ1) is 11.3. The molecule has 0 aliphatic heterocycles. The second-order valence-corrected chi connectivity index (χ2v) is 9.06. The van der Waals surface area contributed by atoms with Crippen LogP contribution in [-0.2, 0) is 16.6 Å². The van der Waals surface area contributed by atoms with Gasteiger partial charge in [0.1, 0.15) is 5.01 Å². The van der Waals surface area contributed by atoms with Crippen LogP contribution in [0.1, 0.15) is 43.8 Å². The Bertz CT molecular complexity index is 626. The van der Waals surface area contributed by atoms with Crippen molar-refractivity contribution in [1.29, 1.82) is 0 Å². The SMILES string of the molecule is CCS(=O)(=O)N(C)CCCNC(=NC)NCc1nc(C(C)C)cs1. The van der Waals surface area contributed by atoms with E-state index in [1.165, 1.54) is 4.31 Å². The number of guanidine groups is 1. The predicted octanol–water partition coefficient (Wildman–Crippen LogP) is 1.60. The summed E-state index contributed by atoms with van der Waals surface area (Å²) in [5.41, 5.74) is 1.11. The largest absolute Gasteiger partial charge is 0.356 e. The van der Waals surface area contributed by atoms with Gasteiger partial charge in [-0.05, 0) is 19.3 Å². The van der Waals surface area contributed by atoms with Gasteiger partial charge in [-0.15, -0.1) is 11.3 Å². The van der Waals surface area contributed by atoms with Gasteiger partial charge in [-0.1, -0.05) is 13.8 Å². The zero-order chi connectivity index (χ0) is 18.2. The molecule has 24 heavy (non-hydrogen) atoms. The van der Waals surface area contributed by atoms with Gasteiger partial charge >= 0.3 is 0 Å². The van der Waals surface area contributed by atoms with E-state index in [9.17, 15) is 8.42 Å². The van der Waals surface area contributed by atoms with Crippen LogP contribution in [0, 0.1) is 0 Å². The first-order valence-corrected chi connectivity index (χ1v) is 10.6. The molecule has 0 bridgehead atoms. The summed E-state index contributed by atoms with van der Waals surface area (Å²) < 4.78 is 24.7. The number of aromatic nitrogens is 1. The summed E-state index contributed by atoms with van der Waals surface area (Å²) in [5, 5.41) is 9.52. The molecule has 138 valence electrons. The van der Waals surface area contributed by atoms with E-state index in [4.69, 9.17) is 0 Å². The minimum absolute atomic E-state index is 0.131. The smallest absolute Gasteiger partial charge is 0.213 e. The first-order valence-electron chi connectivity index (χ1n) is 8.13. The van der Waals surface area contributed by atoms with E-state index >= 15 is 0 Å². The lowest BCUT2D eigenvalue weighted by molar-refractivity contribution is 0.461. The maximum Gasteiger partial charge on any atom is 0.213 e. The monoisotopic (exact) mass is 375 g/mol. The lowest BCUT2D eigenvalue weighted by atomic mass is 10.2. The molecule has 0 unspecified atom stereocenters. The highest BCUT2D eigenvalue weighted by Gasteiger charge is 2.14. The third-order valence-corrected chi connectivity index (χ3v) is 6.30. The van der Waals surface area contributed by atoms with Crippen molar-refractivity contribution in [3.8, 4) is 0 Å². The molecule has 1 rings (SSSR count). The van der Waals surface area contributed by atoms with E-state index in [1.54, 1.807) is 32.4 Å². The van der Waals surface area contributed by atoms with Gasteiger partial charge in [-0.3, -0.25) is 4.99 Å². The molecule has 0 aromatic carbocycles. The van der Waals surface area contributed by atoms with E-state index in [2.05, 4.69) is 39.8 Å². The van der Waals surface area contributed by atoms with E-state index < -0.39 is 10.0 Å². The number of rotatable bonds is 9. The summed E-state index contributed by atoms with van der Waals surface area (Å²) in [5.74, 6) is 1.26. The lowest BCUT2D eigenvalue weighted by Gasteiger charge is -2.16. The molecule has 0 aliphatic rings. The molecule has 1 aromatic heterocycles. The highest BCUT2D eigenvalue weighted by Crippen LogP contribution is 2.17. The number of aliphatic imine (C=N–C) groups is 1. The Morgan fingerprint density at radius 1 is 1.42 bits per heavy atom. The Morgan fingerprint density at radius 2 is 2.12 bits per heavy atom. The fourth-order valence-corrected chi connectivity index (χ4v) is 3.66. The standard InChI is InChI=1S/C15H29N5O2S2/c1-6-24(21,22)20(5)9-7-8-17-15(16-4)18-10-14-19-13(11-23-14)12(2)3/h11-12H,6-10H2,1-5H3,(H2,16,17,18). The summed E-state index contributed by atoms with van der Waals surface area (Å²) in [7, 11) is 0.222. The molecule has 0 aliphatic carbocycles. The van der Waals surface area contributed by atoms with Crippen molar-refractivity contribution in [1.82, 2.24) is 19.9 Å². The van der Waals surface area contributed by atoms with Crippen LogP contribution in [0.5, 0.6) is 0 Å². The van der Waals surface area contributed by atoms with Crippen LogP contribution in [0.25, 0.3) is 0 Å². The predicted molar refractivity (Wildman–Crippen MR) is 101 cm³/mol. The van der Waals surface area contributed by atoms with Gasteiger partial charge in [0.15, 0.2) is 5.96 Å². The van der Waals surface area contributed by atoms with E-state index in [-0.39, 0.29) is 5.75 Å². The van der Waals surface area contributed by atoms with Crippen molar-refractivity contribution >= 4 is 27.3 Å². The molecule has 7 nitrogen and oxygen atoms in total. The van der Waals surface area contributed by atoms with E-state index in [1.807, 2.05) is 0 Å². The summed E-state index contributed by atoms with van der Waals surface area (Å²) in [4.78, 5) is 8.74. The molecule has 0 fully saturated rings. The first kappa shape index (κ1) is 20.9. The van der Waals surface area contributed by atoms with Gasteiger partial charge in [0, 0.05) is 32.6 Å². The quantitative estimate of drug-likeness (QED) is 0.389. The summed E-state index contributed by atoms with van der Waals surface area (Å²) in [6, 6.07) is 0. The highest BCUT2D eigenvalue weighted by atomic mass is 32.2. The Labute approximate surface area is 149 Å². The van der Waals surface area contributed by atoms with Crippen molar-refractivity contribution in [2.45, 2.75) is 39.7 Å². The molecule has 1 aromatic rings. The number of thiazole rings is 1. The van der Waals surface area contributed by atoms with Crippen LogP contribution < -0.4 is 10.6 Å². The summed E-state index contributed by atoms with van der Waals surface area (Å²) >= 11 is 1.64. The minimum Gasteiger partial charge on any atom is -0.356 e. The average molecular weight is 376 g/mol. The Morgan fingerprint density at radius 3 is 2.67 bits per heavy atom. The van der Waals surface area contributed by atoms with Gasteiger partial charge in [0.05, 0.1) is 18.0 Å². The fraction of sp³-hybridized carbons (Fsp3) is 0.733. The molecule has 0 radical (unpaired) electrons. The Kier molecular flexibility index (Phi) is 8.65. The van der Waals surface area contributed by atoms with Crippen molar-refractivity contribution in [2.24, 2.45) is 4.99 Å². The summed E-state index contributed by atoms with van der Waals surface area (Å²) in [6.45, 7) is 7.67. The topological polar surface area (TPSA) is 86.7 Å². The van der Waals surface area contributed by atoms with E-state index in [0.29, 0.717) is 37.9 Å². The molecule has 2 N–H and O–H groups in total. The highest BCUT2D eigenvalue weighted by molar-refractivity contribution is 7.89. The number of nitrogens with zero attached hydrogens (tertiary/aromatic N) is 3. The zero-order valence-electron chi connectivity index (χ0n) is 15.2. The molecule has 1 heterocycles. The molecule has 0 atom stereocenters. The van der Waals surface area contributed by atoms with Crippen LogP contribution >= 0.6 is 11.3 Å². The molecule has 0 amide bonds. The van der Waals surface area contributed by atoms with Crippen LogP contribution in [-0.4, -0.2) is 56.6 Å². The fourth-order valence-electron chi connectivity index (χ4n) is 1.92. The summed E-state index contributed by atoms with van der Waals surface area (Å²) in [6.07, 6.45) is 0.713. The van der Waals surface area contributed by atoms with Crippen LogP contribution in [0.3, 0.4) is 0 Å². The van der Waals surface area contributed by atoms with Gasteiger partial charge in [-0.25, -0.2) is 17.7 Å². The maximum atomic E-state index is 11.7. The van der Waals surface area contributed by atoms with Crippen LogP contribution in [0.15, 0.2) is 10.4 Å². The number of hydrogen-bond acceptors (Lipinski definition) is 5. The average Bonchev–Trinajstić information content (AvgIpc) is 3.03. The zero-order valence-corrected chi connectivity index (χ0v) is 16.8. The Hall–Kier alpha value is -1.19. The maximum absolute atomic E-state index is 11.7. The molecule has 0 saturated heterocycles. The number of sulfonamides is 1. The molecular formula is C15H29N5O2S2. The van der Waals surface area contributed by atoms with Gasteiger partial charge in [0.2, 0.25) is 10.0 Å². The van der Waals surface area contributed by atoms with Crippen molar-refractivity contribution < 1.29 is 8.42 Å². The van der Waals surface area contributed by atoms with Gasteiger partial charge in [-0.2, -0.15) is 0 Å². The third kappa shape index (κ3) is 6.74.